The lowest BCUT2D eigenvalue weighted by molar-refractivity contribution is -0.135. The van der Waals surface area contributed by atoms with E-state index in [1.165, 1.54) is 4.68 Å². The minimum absolute atomic E-state index is 0.00240. The van der Waals surface area contributed by atoms with Gasteiger partial charge in [0.05, 0.1) is 22.7 Å². The molecule has 3 atom stereocenters. The molecule has 1 saturated heterocycles. The second-order valence-corrected chi connectivity index (χ2v) is 8.89. The maximum Gasteiger partial charge on any atom is 0.274 e. The van der Waals surface area contributed by atoms with Gasteiger partial charge in [-0.1, -0.05) is 18.2 Å². The van der Waals surface area contributed by atoms with Crippen molar-refractivity contribution in [2.75, 3.05) is 0 Å². The third kappa shape index (κ3) is 3.16. The molecule has 2 bridgehead atoms. The van der Waals surface area contributed by atoms with Crippen molar-refractivity contribution in [3.05, 3.63) is 67.7 Å². The van der Waals surface area contributed by atoms with Crippen LogP contribution in [0.1, 0.15) is 55.4 Å². The monoisotopic (exact) mass is 433 g/mol. The Morgan fingerprint density at radius 1 is 1.16 bits per heavy atom. The fourth-order valence-corrected chi connectivity index (χ4v) is 5.36. The molecule has 1 aromatic carbocycles. The van der Waals surface area contributed by atoms with E-state index in [1.54, 1.807) is 13.0 Å². The molecule has 1 fully saturated rings. The van der Waals surface area contributed by atoms with Crippen LogP contribution in [-0.2, 0) is 24.2 Å². The molecule has 3 aromatic rings. The lowest BCUT2D eigenvalue weighted by Gasteiger charge is -2.31. The molecule has 1 N–H and O–H groups in total. The van der Waals surface area contributed by atoms with E-state index >= 15 is 0 Å². The molecule has 166 valence electrons. The van der Waals surface area contributed by atoms with Crippen molar-refractivity contribution < 1.29 is 4.79 Å². The average molecular weight is 434 g/mol. The maximum absolute atomic E-state index is 13.8. The average Bonchev–Trinajstić information content (AvgIpc) is 3.08. The Labute approximate surface area is 185 Å². The summed E-state index contributed by atoms with van der Waals surface area (Å²) in [5, 5.41) is 5.89. The lowest BCUT2D eigenvalue weighted by atomic mass is 9.98. The van der Waals surface area contributed by atoms with Crippen LogP contribution in [0.5, 0.6) is 0 Å². The van der Waals surface area contributed by atoms with Gasteiger partial charge in [0.25, 0.3) is 11.1 Å². The minimum atomic E-state index is -0.504. The van der Waals surface area contributed by atoms with Gasteiger partial charge in [-0.2, -0.15) is 5.10 Å². The Hall–Kier alpha value is -3.29. The van der Waals surface area contributed by atoms with Crippen molar-refractivity contribution in [2.45, 2.75) is 71.0 Å². The van der Waals surface area contributed by atoms with Crippen LogP contribution in [0.3, 0.4) is 0 Å². The van der Waals surface area contributed by atoms with Gasteiger partial charge in [-0.15, -0.1) is 0 Å². The number of carbonyl (C=O) groups excluding carboxylic acids is 1. The number of aromatic amines is 1. The number of fused-ring (bicyclic) bond motifs is 4. The molecule has 2 aliphatic heterocycles. The largest absolute Gasteiger partial charge is 0.335 e. The van der Waals surface area contributed by atoms with E-state index in [4.69, 9.17) is 0 Å². The molecular weight excluding hydrogens is 406 g/mol. The van der Waals surface area contributed by atoms with E-state index in [-0.39, 0.29) is 29.1 Å². The number of rotatable bonds is 3. The molecule has 0 saturated carbocycles. The number of aromatic nitrogens is 4. The van der Waals surface area contributed by atoms with Crippen molar-refractivity contribution in [1.29, 1.82) is 0 Å². The molecule has 5 rings (SSSR count). The fourth-order valence-electron chi connectivity index (χ4n) is 5.36. The van der Waals surface area contributed by atoms with Gasteiger partial charge in [-0.3, -0.25) is 14.4 Å². The van der Waals surface area contributed by atoms with Gasteiger partial charge in [0, 0.05) is 42.4 Å². The summed E-state index contributed by atoms with van der Waals surface area (Å²) in [6.07, 6.45) is 2.89. The number of nitrogens with one attached hydrogen (secondary N) is 1. The van der Waals surface area contributed by atoms with Crippen LogP contribution < -0.4 is 11.1 Å². The van der Waals surface area contributed by atoms with Gasteiger partial charge in [-0.05, 0) is 39.7 Å². The first kappa shape index (κ1) is 20.6. The van der Waals surface area contributed by atoms with E-state index in [9.17, 15) is 14.4 Å². The normalized spacial score (nSPS) is 20.8. The summed E-state index contributed by atoms with van der Waals surface area (Å²) in [7, 11) is 0. The Morgan fingerprint density at radius 3 is 2.56 bits per heavy atom. The summed E-state index contributed by atoms with van der Waals surface area (Å²) < 4.78 is 1.43. The predicted octanol–water partition coefficient (Wildman–Crippen LogP) is 2.07. The molecule has 8 nitrogen and oxygen atoms in total. The molecule has 8 heteroatoms. The number of benzene rings is 1. The van der Waals surface area contributed by atoms with Gasteiger partial charge in [0.2, 0.25) is 5.91 Å². The van der Waals surface area contributed by atoms with Crippen LogP contribution in [0.4, 0.5) is 0 Å². The van der Waals surface area contributed by atoms with Gasteiger partial charge in [-0.25, -0.2) is 9.67 Å². The number of carbonyl (C=O) groups is 1. The number of aryl methyl sites for hydroxylation is 2. The van der Waals surface area contributed by atoms with Crippen LogP contribution in [-0.4, -0.2) is 42.6 Å². The third-order valence-corrected chi connectivity index (χ3v) is 6.94. The highest BCUT2D eigenvalue weighted by Gasteiger charge is 2.42. The zero-order chi connectivity index (χ0) is 22.6. The van der Waals surface area contributed by atoms with Crippen LogP contribution in [0.15, 0.2) is 33.9 Å². The summed E-state index contributed by atoms with van der Waals surface area (Å²) in [4.78, 5) is 48.5. The first-order chi connectivity index (χ1) is 15.4. The highest BCUT2D eigenvalue weighted by molar-refractivity contribution is 5.91. The fraction of sp³-hybridized carbons (Fsp3) is 0.458. The van der Waals surface area contributed by atoms with Crippen LogP contribution in [0, 0.1) is 6.92 Å². The van der Waals surface area contributed by atoms with Gasteiger partial charge < -0.3 is 9.88 Å². The number of hydrogen-bond donors (Lipinski definition) is 1. The summed E-state index contributed by atoms with van der Waals surface area (Å²) >= 11 is 0. The second-order valence-electron chi connectivity index (χ2n) is 8.89. The summed E-state index contributed by atoms with van der Waals surface area (Å²) in [6, 6.07) is 7.35. The van der Waals surface area contributed by atoms with E-state index in [0.717, 1.165) is 23.9 Å². The van der Waals surface area contributed by atoms with E-state index in [2.05, 4.69) is 15.1 Å². The zero-order valence-corrected chi connectivity index (χ0v) is 18.6. The number of H-pyrrole nitrogens is 1. The number of nitrogens with zero attached hydrogens (tertiary/aromatic N) is 4. The molecule has 1 amide bonds. The van der Waals surface area contributed by atoms with Gasteiger partial charge >= 0.3 is 0 Å². The molecular formula is C24H27N5O3. The topological polar surface area (TPSA) is 101 Å². The number of hydrogen-bond acceptors (Lipinski definition) is 5. The Morgan fingerprint density at radius 2 is 1.84 bits per heavy atom. The summed E-state index contributed by atoms with van der Waals surface area (Å²) in [5.74, 6) is 0.100. The Balaban J connectivity index is 1.54. The van der Waals surface area contributed by atoms with Crippen molar-refractivity contribution in [1.82, 2.24) is 24.6 Å². The third-order valence-electron chi connectivity index (χ3n) is 6.94. The van der Waals surface area contributed by atoms with Crippen molar-refractivity contribution in [3.8, 4) is 0 Å². The lowest BCUT2D eigenvalue weighted by Crippen LogP contribution is -2.44. The van der Waals surface area contributed by atoms with E-state index in [0.29, 0.717) is 41.9 Å². The first-order valence-electron chi connectivity index (χ1n) is 11.3. The second kappa shape index (κ2) is 7.69. The molecule has 0 unspecified atom stereocenters. The maximum atomic E-state index is 13.8. The quantitative estimate of drug-likeness (QED) is 0.681. The van der Waals surface area contributed by atoms with Crippen molar-refractivity contribution in [2.24, 2.45) is 0 Å². The molecule has 4 heterocycles. The van der Waals surface area contributed by atoms with Crippen LogP contribution in [0.25, 0.3) is 10.8 Å². The minimum Gasteiger partial charge on any atom is -0.335 e. The first-order valence-corrected chi connectivity index (χ1v) is 11.3. The molecule has 32 heavy (non-hydrogen) atoms. The molecule has 0 spiro atoms. The summed E-state index contributed by atoms with van der Waals surface area (Å²) in [6.45, 7) is 5.97. The van der Waals surface area contributed by atoms with E-state index in [1.807, 2.05) is 36.9 Å². The van der Waals surface area contributed by atoms with E-state index < -0.39 is 5.92 Å². The zero-order valence-electron chi connectivity index (χ0n) is 18.6. The SMILES string of the molecule is CCn1nc([C@H](C)C(=O)N2[C@@H]3CC[C@@H]2Cc2c(nc(C)[nH]c2=O)C3)c2ccccc2c1=O. The number of amides is 1. The van der Waals surface area contributed by atoms with Crippen molar-refractivity contribution in [3.63, 3.8) is 0 Å². The van der Waals surface area contributed by atoms with Gasteiger partial charge in [0.1, 0.15) is 5.82 Å². The van der Waals surface area contributed by atoms with Crippen LogP contribution >= 0.6 is 0 Å². The van der Waals surface area contributed by atoms with Crippen LogP contribution in [0.2, 0.25) is 0 Å². The molecule has 2 aliphatic rings. The standard InChI is InChI=1S/C24H27N5O3/c1-4-28-24(32)18-8-6-5-7-17(18)21(27-28)13(2)23(31)29-15-9-10-16(29)12-20-19(11-15)22(30)26-14(3)25-20/h5-8,13,15-16H,4,9-12H2,1-3H3,(H,25,26,30)/t13-,15+,16+/m0/s1. The van der Waals surface area contributed by atoms with Gasteiger partial charge in [0.15, 0.2) is 0 Å². The Bertz CT molecular complexity index is 1340. The molecule has 2 aromatic heterocycles. The highest BCUT2D eigenvalue weighted by Crippen LogP contribution is 2.35. The van der Waals surface area contributed by atoms with Crippen molar-refractivity contribution >= 4 is 16.7 Å². The Kier molecular flexibility index (Phi) is 4.95. The highest BCUT2D eigenvalue weighted by atomic mass is 16.2. The summed E-state index contributed by atoms with van der Waals surface area (Å²) in [5.41, 5.74) is 1.91. The molecule has 0 aliphatic carbocycles. The predicted molar refractivity (Wildman–Crippen MR) is 121 cm³/mol. The smallest absolute Gasteiger partial charge is 0.274 e. The molecule has 0 radical (unpaired) electrons.